The predicted molar refractivity (Wildman–Crippen MR) is 44.3 cm³/mol. The van der Waals surface area contributed by atoms with Crippen LogP contribution in [0.1, 0.15) is 13.8 Å². The van der Waals surface area contributed by atoms with Gasteiger partial charge in [-0.05, 0) is 13.5 Å². The van der Waals surface area contributed by atoms with Crippen LogP contribution < -0.4 is 0 Å². The van der Waals surface area contributed by atoms with Gasteiger partial charge in [0.2, 0.25) is 0 Å². The maximum atomic E-state index is 12.7. The normalized spacial score (nSPS) is 25.4. The molecule has 0 unspecified atom stereocenters. The molecular formula is C8H17FN2. The Morgan fingerprint density at radius 1 is 1.27 bits per heavy atom. The third-order valence-electron chi connectivity index (χ3n) is 2.36. The fraction of sp³-hybridized carbons (Fsp3) is 1.00. The van der Waals surface area contributed by atoms with Crippen LogP contribution in [0.15, 0.2) is 0 Å². The van der Waals surface area contributed by atoms with Gasteiger partial charge in [0, 0.05) is 26.2 Å². The highest BCUT2D eigenvalue weighted by molar-refractivity contribution is 4.70. The Morgan fingerprint density at radius 3 is 2.18 bits per heavy atom. The topological polar surface area (TPSA) is 6.48 Å². The summed E-state index contributed by atoms with van der Waals surface area (Å²) in [4.78, 5) is 4.23. The molecule has 0 aromatic rings. The van der Waals surface area contributed by atoms with Gasteiger partial charge in [0.05, 0.1) is 0 Å². The van der Waals surface area contributed by atoms with Gasteiger partial charge in [0.25, 0.3) is 0 Å². The van der Waals surface area contributed by atoms with E-state index >= 15 is 0 Å². The van der Waals surface area contributed by atoms with E-state index in [-0.39, 0.29) is 0 Å². The number of halogens is 1. The van der Waals surface area contributed by atoms with Gasteiger partial charge in [-0.2, -0.15) is 0 Å². The van der Waals surface area contributed by atoms with Gasteiger partial charge in [0.15, 0.2) is 6.30 Å². The van der Waals surface area contributed by atoms with Crippen molar-refractivity contribution in [3.63, 3.8) is 0 Å². The van der Waals surface area contributed by atoms with Gasteiger partial charge >= 0.3 is 0 Å². The Labute approximate surface area is 68.0 Å². The van der Waals surface area contributed by atoms with E-state index in [2.05, 4.69) is 11.8 Å². The molecule has 0 aromatic heterocycles. The van der Waals surface area contributed by atoms with Gasteiger partial charge in [-0.3, -0.25) is 4.90 Å². The summed E-state index contributed by atoms with van der Waals surface area (Å²) in [6.45, 7) is 8.65. The molecule has 0 bridgehead atoms. The van der Waals surface area contributed by atoms with Crippen molar-refractivity contribution < 1.29 is 4.39 Å². The zero-order chi connectivity index (χ0) is 8.27. The highest BCUT2D eigenvalue weighted by atomic mass is 19.1. The molecule has 0 N–H and O–H groups in total. The largest absolute Gasteiger partial charge is 0.301 e. The monoisotopic (exact) mass is 160 g/mol. The highest BCUT2D eigenvalue weighted by Gasteiger charge is 2.18. The summed E-state index contributed by atoms with van der Waals surface area (Å²) in [5.41, 5.74) is 0. The average molecular weight is 160 g/mol. The van der Waals surface area contributed by atoms with Gasteiger partial charge in [0.1, 0.15) is 0 Å². The minimum Gasteiger partial charge on any atom is -0.301 e. The van der Waals surface area contributed by atoms with Crippen LogP contribution in [0, 0.1) is 0 Å². The first-order valence-corrected chi connectivity index (χ1v) is 4.34. The summed E-state index contributed by atoms with van der Waals surface area (Å²) in [5.74, 6) is 0. The van der Waals surface area contributed by atoms with Gasteiger partial charge in [-0.25, -0.2) is 4.39 Å². The van der Waals surface area contributed by atoms with E-state index in [0.717, 1.165) is 32.7 Å². The molecule has 0 radical (unpaired) electrons. The van der Waals surface area contributed by atoms with Crippen molar-refractivity contribution in [2.75, 3.05) is 32.7 Å². The molecule has 1 atom stereocenters. The van der Waals surface area contributed by atoms with E-state index in [1.165, 1.54) is 0 Å². The van der Waals surface area contributed by atoms with E-state index in [0.29, 0.717) is 0 Å². The lowest BCUT2D eigenvalue weighted by molar-refractivity contribution is 0.0445. The molecule has 1 rings (SSSR count). The molecule has 66 valence electrons. The fourth-order valence-corrected chi connectivity index (χ4v) is 1.44. The smallest absolute Gasteiger partial charge is 0.150 e. The SMILES string of the molecule is CCN1CCN([C@H](C)F)CC1. The minimum absolute atomic E-state index is 0.769. The zero-order valence-corrected chi connectivity index (χ0v) is 7.39. The summed E-state index contributed by atoms with van der Waals surface area (Å²) in [7, 11) is 0. The molecule has 0 aromatic carbocycles. The number of nitrogens with zero attached hydrogens (tertiary/aromatic N) is 2. The third kappa shape index (κ3) is 2.42. The second kappa shape index (κ2) is 4.02. The van der Waals surface area contributed by atoms with Crippen LogP contribution in [0.2, 0.25) is 0 Å². The summed E-state index contributed by atoms with van der Waals surface area (Å²) >= 11 is 0. The summed E-state index contributed by atoms with van der Waals surface area (Å²) in [6.07, 6.45) is -0.769. The number of piperazine rings is 1. The Morgan fingerprint density at radius 2 is 1.82 bits per heavy atom. The number of hydrogen-bond acceptors (Lipinski definition) is 2. The van der Waals surface area contributed by atoms with Gasteiger partial charge < -0.3 is 4.90 Å². The molecule has 1 fully saturated rings. The lowest BCUT2D eigenvalue weighted by Gasteiger charge is -2.34. The van der Waals surface area contributed by atoms with Crippen LogP contribution in [0.5, 0.6) is 0 Å². The molecule has 0 amide bonds. The maximum Gasteiger partial charge on any atom is 0.150 e. The van der Waals surface area contributed by atoms with E-state index < -0.39 is 6.30 Å². The Balaban J connectivity index is 2.24. The molecular weight excluding hydrogens is 143 g/mol. The van der Waals surface area contributed by atoms with Crippen molar-refractivity contribution in [1.29, 1.82) is 0 Å². The zero-order valence-electron chi connectivity index (χ0n) is 7.39. The highest BCUT2D eigenvalue weighted by Crippen LogP contribution is 2.05. The molecule has 1 aliphatic heterocycles. The Hall–Kier alpha value is -0.150. The average Bonchev–Trinajstić information content (AvgIpc) is 2.05. The molecule has 0 spiro atoms. The summed E-state index contributed by atoms with van der Waals surface area (Å²) in [5, 5.41) is 0. The fourth-order valence-electron chi connectivity index (χ4n) is 1.44. The number of rotatable bonds is 2. The Kier molecular flexibility index (Phi) is 3.27. The molecule has 0 saturated carbocycles. The van der Waals surface area contributed by atoms with E-state index in [4.69, 9.17) is 0 Å². The number of likely N-dealkylation sites (N-methyl/N-ethyl adjacent to an activating group) is 1. The van der Waals surface area contributed by atoms with Crippen LogP contribution in [-0.4, -0.2) is 48.8 Å². The van der Waals surface area contributed by atoms with Gasteiger partial charge in [-0.1, -0.05) is 6.92 Å². The van der Waals surface area contributed by atoms with Gasteiger partial charge in [-0.15, -0.1) is 0 Å². The van der Waals surface area contributed by atoms with Crippen molar-refractivity contribution >= 4 is 0 Å². The molecule has 3 heteroatoms. The third-order valence-corrected chi connectivity index (χ3v) is 2.36. The summed E-state index contributed by atoms with van der Waals surface area (Å²) in [6, 6.07) is 0. The van der Waals surface area contributed by atoms with E-state index in [9.17, 15) is 4.39 Å². The second-order valence-corrected chi connectivity index (χ2v) is 3.04. The van der Waals surface area contributed by atoms with Crippen LogP contribution in [0.4, 0.5) is 4.39 Å². The second-order valence-electron chi connectivity index (χ2n) is 3.04. The summed E-state index contributed by atoms with van der Waals surface area (Å²) < 4.78 is 12.7. The van der Waals surface area contributed by atoms with Crippen LogP contribution in [-0.2, 0) is 0 Å². The van der Waals surface area contributed by atoms with Crippen molar-refractivity contribution in [2.24, 2.45) is 0 Å². The molecule has 11 heavy (non-hydrogen) atoms. The Bertz CT molecular complexity index is 109. The lowest BCUT2D eigenvalue weighted by Crippen LogP contribution is -2.48. The predicted octanol–water partition coefficient (Wildman–Crippen LogP) is 0.939. The van der Waals surface area contributed by atoms with Crippen LogP contribution in [0.25, 0.3) is 0 Å². The number of alkyl halides is 1. The molecule has 2 nitrogen and oxygen atoms in total. The maximum absolute atomic E-state index is 12.7. The van der Waals surface area contributed by atoms with Crippen LogP contribution >= 0.6 is 0 Å². The van der Waals surface area contributed by atoms with E-state index in [1.807, 2.05) is 4.90 Å². The van der Waals surface area contributed by atoms with Crippen molar-refractivity contribution in [2.45, 2.75) is 20.1 Å². The first-order chi connectivity index (χ1) is 5.24. The molecule has 1 heterocycles. The first-order valence-electron chi connectivity index (χ1n) is 4.34. The molecule has 0 aliphatic carbocycles. The number of hydrogen-bond donors (Lipinski definition) is 0. The molecule has 1 aliphatic rings. The lowest BCUT2D eigenvalue weighted by atomic mass is 10.3. The van der Waals surface area contributed by atoms with Crippen molar-refractivity contribution in [3.05, 3.63) is 0 Å². The standard InChI is InChI=1S/C8H17FN2/c1-3-10-4-6-11(7-5-10)8(2)9/h8H,3-7H2,1-2H3/t8-/m1/s1. The van der Waals surface area contributed by atoms with E-state index in [1.54, 1.807) is 6.92 Å². The first kappa shape index (κ1) is 8.94. The minimum atomic E-state index is -0.769. The quantitative estimate of drug-likeness (QED) is 0.555. The van der Waals surface area contributed by atoms with Crippen LogP contribution in [0.3, 0.4) is 0 Å². The molecule has 1 saturated heterocycles. The van der Waals surface area contributed by atoms with Crippen molar-refractivity contribution in [1.82, 2.24) is 9.80 Å². The van der Waals surface area contributed by atoms with Crippen molar-refractivity contribution in [3.8, 4) is 0 Å².